The molecular formula is C18H28N2O. The number of rotatable bonds is 7. The highest BCUT2D eigenvalue weighted by Crippen LogP contribution is 2.44. The van der Waals surface area contributed by atoms with E-state index in [0.29, 0.717) is 6.54 Å². The third kappa shape index (κ3) is 3.65. The van der Waals surface area contributed by atoms with E-state index >= 15 is 0 Å². The minimum Gasteiger partial charge on any atom is -0.354 e. The van der Waals surface area contributed by atoms with E-state index in [2.05, 4.69) is 31.3 Å². The Balaban J connectivity index is 1.98. The molecule has 116 valence electrons. The molecule has 0 aliphatic heterocycles. The quantitative estimate of drug-likeness (QED) is 0.810. The van der Waals surface area contributed by atoms with Crippen molar-refractivity contribution >= 4 is 5.91 Å². The fourth-order valence-electron chi connectivity index (χ4n) is 3.02. The molecule has 1 amide bonds. The fourth-order valence-corrected chi connectivity index (χ4v) is 3.02. The molecule has 1 aromatic rings. The highest BCUT2D eigenvalue weighted by molar-refractivity contribution is 5.84. The maximum Gasteiger partial charge on any atom is 0.226 e. The monoisotopic (exact) mass is 288 g/mol. The van der Waals surface area contributed by atoms with Gasteiger partial charge in [-0.05, 0) is 37.7 Å². The van der Waals surface area contributed by atoms with E-state index in [1.807, 2.05) is 18.2 Å². The Labute approximate surface area is 128 Å². The molecule has 3 N–H and O–H groups in total. The standard InChI is InChI=1S/C18H28N2O/c1-3-18(19,4-2)14-20-16(21)17(11-8-12-17)13-15-9-6-5-7-10-15/h5-7,9-10H,3-4,8,11-14,19H2,1-2H3,(H,20,21). The zero-order chi connectivity index (χ0) is 15.3. The van der Waals surface area contributed by atoms with Gasteiger partial charge in [0.05, 0.1) is 5.41 Å². The number of carbonyl (C=O) groups excluding carboxylic acids is 1. The summed E-state index contributed by atoms with van der Waals surface area (Å²) in [5.41, 5.74) is 7.06. The first-order valence-electron chi connectivity index (χ1n) is 8.15. The predicted molar refractivity (Wildman–Crippen MR) is 86.9 cm³/mol. The Morgan fingerprint density at radius 2 is 1.86 bits per heavy atom. The zero-order valence-corrected chi connectivity index (χ0v) is 13.3. The van der Waals surface area contributed by atoms with Crippen LogP contribution in [0.2, 0.25) is 0 Å². The summed E-state index contributed by atoms with van der Waals surface area (Å²) in [6.45, 7) is 4.74. The van der Waals surface area contributed by atoms with Crippen LogP contribution in [0.25, 0.3) is 0 Å². The van der Waals surface area contributed by atoms with Crippen molar-refractivity contribution in [2.24, 2.45) is 11.1 Å². The van der Waals surface area contributed by atoms with E-state index in [0.717, 1.165) is 38.5 Å². The van der Waals surface area contributed by atoms with Crippen molar-refractivity contribution in [3.8, 4) is 0 Å². The predicted octanol–water partition coefficient (Wildman–Crippen LogP) is 3.03. The maximum atomic E-state index is 12.7. The normalized spacial score (nSPS) is 17.1. The van der Waals surface area contributed by atoms with Gasteiger partial charge in [0.1, 0.15) is 0 Å². The molecule has 1 fully saturated rings. The van der Waals surface area contributed by atoms with Gasteiger partial charge in [-0.3, -0.25) is 4.79 Å². The first kappa shape index (κ1) is 16.0. The molecule has 1 aromatic carbocycles. The van der Waals surface area contributed by atoms with Crippen molar-refractivity contribution in [1.82, 2.24) is 5.32 Å². The Morgan fingerprint density at radius 1 is 1.24 bits per heavy atom. The Bertz CT molecular complexity index is 461. The molecule has 1 saturated carbocycles. The molecule has 0 radical (unpaired) electrons. The zero-order valence-electron chi connectivity index (χ0n) is 13.3. The van der Waals surface area contributed by atoms with Crippen LogP contribution in [0.1, 0.15) is 51.5 Å². The number of hydrogen-bond donors (Lipinski definition) is 2. The second-order valence-electron chi connectivity index (χ2n) is 6.55. The first-order chi connectivity index (χ1) is 10.0. The molecule has 0 atom stereocenters. The fraction of sp³-hybridized carbons (Fsp3) is 0.611. The molecule has 0 heterocycles. The van der Waals surface area contributed by atoms with Gasteiger partial charge in [-0.25, -0.2) is 0 Å². The molecule has 21 heavy (non-hydrogen) atoms. The van der Waals surface area contributed by atoms with E-state index in [1.54, 1.807) is 0 Å². The van der Waals surface area contributed by atoms with Gasteiger partial charge in [-0.1, -0.05) is 50.6 Å². The van der Waals surface area contributed by atoms with Gasteiger partial charge in [-0.2, -0.15) is 0 Å². The Hall–Kier alpha value is -1.35. The topological polar surface area (TPSA) is 55.1 Å². The molecule has 1 aliphatic rings. The molecule has 0 bridgehead atoms. The van der Waals surface area contributed by atoms with Gasteiger partial charge < -0.3 is 11.1 Å². The lowest BCUT2D eigenvalue weighted by Gasteiger charge is -2.41. The number of nitrogens with two attached hydrogens (primary N) is 1. The van der Waals surface area contributed by atoms with Crippen molar-refractivity contribution in [3.63, 3.8) is 0 Å². The third-order valence-electron chi connectivity index (χ3n) is 5.19. The van der Waals surface area contributed by atoms with Gasteiger partial charge in [0.2, 0.25) is 5.91 Å². The summed E-state index contributed by atoms with van der Waals surface area (Å²) in [5, 5.41) is 3.12. The van der Waals surface area contributed by atoms with E-state index in [9.17, 15) is 4.79 Å². The smallest absolute Gasteiger partial charge is 0.226 e. The van der Waals surface area contributed by atoms with E-state index in [1.165, 1.54) is 5.56 Å². The third-order valence-corrected chi connectivity index (χ3v) is 5.19. The first-order valence-corrected chi connectivity index (χ1v) is 8.15. The maximum absolute atomic E-state index is 12.7. The van der Waals surface area contributed by atoms with Gasteiger partial charge in [-0.15, -0.1) is 0 Å². The number of benzene rings is 1. The minimum atomic E-state index is -0.270. The van der Waals surface area contributed by atoms with E-state index in [-0.39, 0.29) is 16.9 Å². The summed E-state index contributed by atoms with van der Waals surface area (Å²) in [6, 6.07) is 10.3. The van der Waals surface area contributed by atoms with Crippen LogP contribution < -0.4 is 11.1 Å². The van der Waals surface area contributed by atoms with Crippen LogP contribution in [0.15, 0.2) is 30.3 Å². The van der Waals surface area contributed by atoms with Crippen molar-refractivity contribution < 1.29 is 4.79 Å². The van der Waals surface area contributed by atoms with Crippen LogP contribution in [0.4, 0.5) is 0 Å². The molecule has 0 spiro atoms. The van der Waals surface area contributed by atoms with Crippen LogP contribution in [-0.4, -0.2) is 18.0 Å². The van der Waals surface area contributed by atoms with Crippen LogP contribution in [-0.2, 0) is 11.2 Å². The van der Waals surface area contributed by atoms with Crippen molar-refractivity contribution in [3.05, 3.63) is 35.9 Å². The Kier molecular flexibility index (Phi) is 5.04. The molecule has 0 saturated heterocycles. The number of nitrogens with one attached hydrogen (secondary N) is 1. The Morgan fingerprint density at radius 3 is 2.33 bits per heavy atom. The number of amides is 1. The van der Waals surface area contributed by atoms with E-state index < -0.39 is 0 Å². The molecule has 0 unspecified atom stereocenters. The van der Waals surface area contributed by atoms with Gasteiger partial charge >= 0.3 is 0 Å². The van der Waals surface area contributed by atoms with Crippen molar-refractivity contribution in [2.75, 3.05) is 6.54 Å². The molecule has 2 rings (SSSR count). The molecular weight excluding hydrogens is 260 g/mol. The average Bonchev–Trinajstić information content (AvgIpc) is 2.49. The van der Waals surface area contributed by atoms with Crippen molar-refractivity contribution in [2.45, 2.75) is 57.9 Å². The van der Waals surface area contributed by atoms with Gasteiger partial charge in [0.15, 0.2) is 0 Å². The van der Waals surface area contributed by atoms with Crippen molar-refractivity contribution in [1.29, 1.82) is 0 Å². The highest BCUT2D eigenvalue weighted by Gasteiger charge is 2.44. The summed E-state index contributed by atoms with van der Waals surface area (Å²) in [5.74, 6) is 0.189. The number of carbonyl (C=O) groups is 1. The summed E-state index contributed by atoms with van der Waals surface area (Å²) < 4.78 is 0. The lowest BCUT2D eigenvalue weighted by Crippen LogP contribution is -2.54. The van der Waals surface area contributed by atoms with E-state index in [4.69, 9.17) is 5.73 Å². The summed E-state index contributed by atoms with van der Waals surface area (Å²) >= 11 is 0. The number of hydrogen-bond acceptors (Lipinski definition) is 2. The second kappa shape index (κ2) is 6.61. The van der Waals surface area contributed by atoms with Crippen LogP contribution >= 0.6 is 0 Å². The second-order valence-corrected chi connectivity index (χ2v) is 6.55. The molecule has 3 heteroatoms. The summed E-state index contributed by atoms with van der Waals surface area (Å²) in [6.07, 6.45) is 5.74. The van der Waals surface area contributed by atoms with Crippen LogP contribution in [0.3, 0.4) is 0 Å². The summed E-state index contributed by atoms with van der Waals surface area (Å²) in [4.78, 5) is 12.7. The molecule has 1 aliphatic carbocycles. The largest absolute Gasteiger partial charge is 0.354 e. The summed E-state index contributed by atoms with van der Waals surface area (Å²) in [7, 11) is 0. The highest BCUT2D eigenvalue weighted by atomic mass is 16.2. The van der Waals surface area contributed by atoms with Gasteiger partial charge in [0, 0.05) is 12.1 Å². The van der Waals surface area contributed by atoms with Crippen LogP contribution in [0.5, 0.6) is 0 Å². The average molecular weight is 288 g/mol. The van der Waals surface area contributed by atoms with Gasteiger partial charge in [0.25, 0.3) is 0 Å². The van der Waals surface area contributed by atoms with Crippen LogP contribution in [0, 0.1) is 5.41 Å². The lowest BCUT2D eigenvalue weighted by atomic mass is 9.64. The SMILES string of the molecule is CCC(N)(CC)CNC(=O)C1(Cc2ccccc2)CCC1. The lowest BCUT2D eigenvalue weighted by molar-refractivity contribution is -0.136. The molecule has 0 aromatic heterocycles. The molecule has 3 nitrogen and oxygen atoms in total. The minimum absolute atomic E-state index is 0.189.